The van der Waals surface area contributed by atoms with Gasteiger partial charge in [-0.15, -0.1) is 0 Å². The van der Waals surface area contributed by atoms with E-state index in [4.69, 9.17) is 0 Å². The van der Waals surface area contributed by atoms with Gasteiger partial charge in [0.2, 0.25) is 0 Å². The second kappa shape index (κ2) is 5.07. The molecule has 0 saturated carbocycles. The van der Waals surface area contributed by atoms with E-state index in [1.54, 1.807) is 0 Å². The quantitative estimate of drug-likeness (QED) is 0.537. The highest BCUT2D eigenvalue weighted by molar-refractivity contribution is 7.38. The summed E-state index contributed by atoms with van der Waals surface area (Å²) in [6, 6.07) is 21.4. The molecule has 0 atom stereocenters. The van der Waals surface area contributed by atoms with Gasteiger partial charge < -0.3 is 8.19 Å². The van der Waals surface area contributed by atoms with E-state index in [1.165, 1.54) is 41.0 Å². The van der Waals surface area contributed by atoms with Crippen LogP contribution in [0.1, 0.15) is 11.1 Å². The second-order valence-corrected chi connectivity index (χ2v) is 5.91. The van der Waals surface area contributed by atoms with E-state index in [9.17, 15) is 0 Å². The number of rotatable bonds is 2. The van der Waals surface area contributed by atoms with Crippen LogP contribution in [0.25, 0.3) is 21.7 Å². The molecule has 0 N–H and O–H groups in total. The Morgan fingerprint density at radius 2 is 0.947 bits per heavy atom. The van der Waals surface area contributed by atoms with Gasteiger partial charge in [0.05, 0.1) is 0 Å². The van der Waals surface area contributed by atoms with Crippen LogP contribution in [0.5, 0.6) is 0 Å². The lowest BCUT2D eigenvalue weighted by Crippen LogP contribution is -1.79. The van der Waals surface area contributed by atoms with Gasteiger partial charge in [-0.05, 0) is 25.0 Å². The maximum Gasteiger partial charge on any atom is -0.0416 e. The lowest BCUT2D eigenvalue weighted by molar-refractivity contribution is 1.40. The van der Waals surface area contributed by atoms with Crippen molar-refractivity contribution in [3.8, 4) is 21.7 Å². The first-order chi connectivity index (χ1) is 9.27. The molecule has 2 aromatic carbocycles. The minimum atomic E-state index is 1.33. The van der Waals surface area contributed by atoms with Crippen LogP contribution in [0.2, 0.25) is 0 Å². The Balaban J connectivity index is 2.16. The minimum Gasteiger partial charge on any atom is -0.514 e. The first kappa shape index (κ1) is 12.3. The molecule has 94 valence electrons. The topological polar surface area (TPSA) is 0 Å². The normalized spacial score (nSPS) is 10.6. The Bertz CT molecular complexity index is 618. The lowest BCUT2D eigenvalue weighted by Gasteiger charge is -2.11. The standard InChI is InChI=1S/C18H16P/c1-13-14(2)18(16-11-7-4-8-12-16)19-17(13)15-9-5-3-6-10-15/h3-12H,1-2H3/q-1. The lowest BCUT2D eigenvalue weighted by atomic mass is 10.0. The van der Waals surface area contributed by atoms with Gasteiger partial charge >= 0.3 is 0 Å². The predicted octanol–water partition coefficient (Wildman–Crippen LogP) is 5.94. The third-order valence-electron chi connectivity index (χ3n) is 3.59. The third-order valence-corrected chi connectivity index (χ3v) is 5.23. The van der Waals surface area contributed by atoms with Crippen molar-refractivity contribution >= 4 is 8.19 Å². The van der Waals surface area contributed by atoms with Crippen LogP contribution in [0.15, 0.2) is 60.7 Å². The summed E-state index contributed by atoms with van der Waals surface area (Å²) in [5.74, 6) is 0. The van der Waals surface area contributed by atoms with E-state index in [0.717, 1.165) is 0 Å². The summed E-state index contributed by atoms with van der Waals surface area (Å²) in [6.07, 6.45) is 0. The van der Waals surface area contributed by atoms with Crippen molar-refractivity contribution in [3.63, 3.8) is 0 Å². The Kier molecular flexibility index (Phi) is 3.27. The van der Waals surface area contributed by atoms with Gasteiger partial charge in [-0.2, -0.15) is 10.6 Å². The number of benzene rings is 2. The van der Waals surface area contributed by atoms with Gasteiger partial charge in [-0.25, -0.2) is 0 Å². The molecule has 0 aliphatic carbocycles. The van der Waals surface area contributed by atoms with Gasteiger partial charge in [-0.3, -0.25) is 0 Å². The van der Waals surface area contributed by atoms with E-state index < -0.39 is 0 Å². The van der Waals surface area contributed by atoms with Gasteiger partial charge in [0.25, 0.3) is 0 Å². The summed E-state index contributed by atoms with van der Waals surface area (Å²) in [6.45, 7) is 4.47. The highest BCUT2D eigenvalue weighted by Crippen LogP contribution is 2.44. The Hall–Kier alpha value is -1.78. The molecule has 3 aromatic rings. The largest absolute Gasteiger partial charge is 0.514 e. The van der Waals surface area contributed by atoms with Gasteiger partial charge in [0.15, 0.2) is 0 Å². The first-order valence-corrected chi connectivity index (χ1v) is 7.41. The van der Waals surface area contributed by atoms with Crippen LogP contribution in [0.4, 0.5) is 0 Å². The van der Waals surface area contributed by atoms with Crippen LogP contribution < -0.4 is 0 Å². The maximum absolute atomic E-state index is 2.24. The molecule has 0 nitrogen and oxygen atoms in total. The molecule has 19 heavy (non-hydrogen) atoms. The van der Waals surface area contributed by atoms with Crippen molar-refractivity contribution in [2.24, 2.45) is 0 Å². The SMILES string of the molecule is Cc1c(-c2ccccc2)[p-]c(-c2ccccc2)c1C. The number of hydrogen-bond donors (Lipinski definition) is 0. The molecule has 0 bridgehead atoms. The summed E-state index contributed by atoms with van der Waals surface area (Å²) in [5, 5.41) is 2.88. The molecule has 3 rings (SSSR count). The molecule has 0 radical (unpaired) electrons. The number of hydrogen-bond acceptors (Lipinski definition) is 0. The van der Waals surface area contributed by atoms with E-state index in [2.05, 4.69) is 74.5 Å². The minimum absolute atomic E-state index is 1.33. The Labute approximate surface area is 116 Å². The molecule has 1 heteroatoms. The zero-order valence-corrected chi connectivity index (χ0v) is 12.1. The molecule has 0 spiro atoms. The molecule has 1 heterocycles. The second-order valence-electron chi connectivity index (χ2n) is 4.79. The Morgan fingerprint density at radius 1 is 0.579 bits per heavy atom. The fourth-order valence-corrected chi connectivity index (χ4v) is 3.84. The molecule has 0 fully saturated rings. The van der Waals surface area contributed by atoms with Crippen LogP contribution in [0.3, 0.4) is 0 Å². The van der Waals surface area contributed by atoms with Crippen LogP contribution in [-0.4, -0.2) is 0 Å². The highest BCUT2D eigenvalue weighted by Gasteiger charge is 2.02. The van der Waals surface area contributed by atoms with Crippen LogP contribution in [0, 0.1) is 13.8 Å². The third kappa shape index (κ3) is 2.25. The molecule has 1 aromatic heterocycles. The van der Waals surface area contributed by atoms with E-state index in [-0.39, 0.29) is 0 Å². The first-order valence-electron chi connectivity index (χ1n) is 6.52. The van der Waals surface area contributed by atoms with Crippen molar-refractivity contribution in [2.75, 3.05) is 0 Å². The monoisotopic (exact) mass is 263 g/mol. The van der Waals surface area contributed by atoms with Crippen molar-refractivity contribution in [1.82, 2.24) is 0 Å². The molecule has 0 aliphatic heterocycles. The Morgan fingerprint density at radius 3 is 1.32 bits per heavy atom. The van der Waals surface area contributed by atoms with Crippen molar-refractivity contribution < 1.29 is 0 Å². The molecule has 0 unspecified atom stereocenters. The molecular formula is C18H16P-. The van der Waals surface area contributed by atoms with Gasteiger partial charge in [0.1, 0.15) is 0 Å². The summed E-state index contributed by atoms with van der Waals surface area (Å²) in [5.41, 5.74) is 5.53. The van der Waals surface area contributed by atoms with Crippen molar-refractivity contribution in [1.29, 1.82) is 0 Å². The zero-order valence-electron chi connectivity index (χ0n) is 11.2. The molecular weight excluding hydrogens is 247 g/mol. The smallest absolute Gasteiger partial charge is 0.0416 e. The van der Waals surface area contributed by atoms with Crippen LogP contribution >= 0.6 is 8.19 Å². The predicted molar refractivity (Wildman–Crippen MR) is 84.9 cm³/mol. The highest BCUT2D eigenvalue weighted by atomic mass is 31.0. The molecule has 0 saturated heterocycles. The summed E-state index contributed by atoms with van der Waals surface area (Å²) in [4.78, 5) is 0. The van der Waals surface area contributed by atoms with Crippen molar-refractivity contribution in [3.05, 3.63) is 71.8 Å². The molecule has 0 aliphatic rings. The average molecular weight is 263 g/mol. The van der Waals surface area contributed by atoms with Gasteiger partial charge in [0, 0.05) is 0 Å². The van der Waals surface area contributed by atoms with E-state index >= 15 is 0 Å². The summed E-state index contributed by atoms with van der Waals surface area (Å²) < 4.78 is 0. The maximum atomic E-state index is 2.24. The van der Waals surface area contributed by atoms with Crippen molar-refractivity contribution in [2.45, 2.75) is 13.8 Å². The summed E-state index contributed by atoms with van der Waals surface area (Å²) >= 11 is 0. The zero-order chi connectivity index (χ0) is 13.2. The fourth-order valence-electron chi connectivity index (χ4n) is 2.39. The van der Waals surface area contributed by atoms with E-state index in [0.29, 0.717) is 0 Å². The van der Waals surface area contributed by atoms with E-state index in [1.807, 2.05) is 0 Å². The average Bonchev–Trinajstić information content (AvgIpc) is 2.77. The molecule has 0 amide bonds. The summed E-state index contributed by atoms with van der Waals surface area (Å²) in [7, 11) is 1.33. The van der Waals surface area contributed by atoms with Gasteiger partial charge in [-0.1, -0.05) is 71.8 Å². The fraction of sp³-hybridized carbons (Fsp3) is 0.111. The van der Waals surface area contributed by atoms with Crippen LogP contribution in [-0.2, 0) is 0 Å².